The van der Waals surface area contributed by atoms with Gasteiger partial charge in [0.1, 0.15) is 0 Å². The van der Waals surface area contributed by atoms with Gasteiger partial charge in [-0.2, -0.15) is 0 Å². The van der Waals surface area contributed by atoms with E-state index in [2.05, 4.69) is 10.1 Å². The molecule has 3 heterocycles. The summed E-state index contributed by atoms with van der Waals surface area (Å²) >= 11 is 0. The molecular weight excluding hydrogens is 234 g/mol. The molecule has 1 saturated heterocycles. The summed E-state index contributed by atoms with van der Waals surface area (Å²) in [6.45, 7) is 3.14. The Labute approximate surface area is 103 Å². The van der Waals surface area contributed by atoms with Crippen LogP contribution in [0, 0.1) is 6.92 Å². The van der Waals surface area contributed by atoms with Gasteiger partial charge in [0, 0.05) is 25.5 Å². The molecule has 0 atom stereocenters. The lowest BCUT2D eigenvalue weighted by molar-refractivity contribution is 0.136. The smallest absolute Gasteiger partial charge is 0.371 e. The molecule has 2 aromatic rings. The Morgan fingerprint density at radius 2 is 2.11 bits per heavy atom. The van der Waals surface area contributed by atoms with Gasteiger partial charge >= 0.3 is 5.69 Å². The molecule has 0 spiro atoms. The molecule has 0 aliphatic carbocycles. The van der Waals surface area contributed by atoms with Crippen LogP contribution in [0.1, 0.15) is 18.4 Å². The number of aryl methyl sites for hydroxylation is 1. The molecule has 7 heteroatoms. The number of hydrogen-bond donors (Lipinski definition) is 1. The number of aliphatic hydroxyl groups excluding tert-OH is 1. The molecule has 0 unspecified atom stereocenters. The first-order valence-corrected chi connectivity index (χ1v) is 6.02. The van der Waals surface area contributed by atoms with Crippen molar-refractivity contribution in [3.05, 3.63) is 28.4 Å². The molecule has 0 bridgehead atoms. The van der Waals surface area contributed by atoms with E-state index in [1.54, 1.807) is 12.4 Å². The molecule has 7 nitrogen and oxygen atoms in total. The molecule has 1 fully saturated rings. The van der Waals surface area contributed by atoms with Crippen LogP contribution in [-0.4, -0.2) is 43.6 Å². The largest absolute Gasteiger partial charge is 0.393 e. The van der Waals surface area contributed by atoms with E-state index >= 15 is 0 Å². The second kappa shape index (κ2) is 4.09. The number of nitrogens with zero attached hydrogens (tertiary/aromatic N) is 5. The van der Waals surface area contributed by atoms with Crippen molar-refractivity contribution in [3.8, 4) is 0 Å². The lowest BCUT2D eigenvalue weighted by Gasteiger charge is -2.29. The highest BCUT2D eigenvalue weighted by Crippen LogP contribution is 2.07. The predicted molar refractivity (Wildman–Crippen MR) is 65.2 cm³/mol. The zero-order valence-electron chi connectivity index (χ0n) is 10.2. The zero-order valence-corrected chi connectivity index (χ0v) is 10.2. The summed E-state index contributed by atoms with van der Waals surface area (Å²) in [6, 6.07) is 0. The van der Waals surface area contributed by atoms with E-state index in [1.807, 2.05) is 11.9 Å². The second-order valence-corrected chi connectivity index (χ2v) is 4.66. The van der Waals surface area contributed by atoms with E-state index in [0.29, 0.717) is 31.7 Å². The van der Waals surface area contributed by atoms with E-state index in [0.717, 1.165) is 5.56 Å². The maximum absolute atomic E-state index is 12.2. The van der Waals surface area contributed by atoms with Crippen LogP contribution in [0.2, 0.25) is 0 Å². The van der Waals surface area contributed by atoms with Gasteiger partial charge in [-0.05, 0) is 25.3 Å². The number of aromatic nitrogens is 4. The number of fused-ring (bicyclic) bond motifs is 1. The topological polar surface area (TPSA) is 75.7 Å². The molecule has 1 aliphatic rings. The van der Waals surface area contributed by atoms with Crippen molar-refractivity contribution >= 4 is 5.78 Å². The van der Waals surface area contributed by atoms with Crippen molar-refractivity contribution in [2.45, 2.75) is 25.9 Å². The maximum atomic E-state index is 12.2. The maximum Gasteiger partial charge on any atom is 0.371 e. The first-order chi connectivity index (χ1) is 8.65. The molecular formula is C11H15N5O2. The van der Waals surface area contributed by atoms with Gasteiger partial charge in [-0.1, -0.05) is 0 Å². The number of aliphatic hydroxyl groups is 1. The molecule has 96 valence electrons. The van der Waals surface area contributed by atoms with Crippen LogP contribution in [0.5, 0.6) is 0 Å². The SMILES string of the molecule is Cc1cnc2nn(N3CCC(O)CC3)c(=O)n2c1. The van der Waals surface area contributed by atoms with Crippen LogP contribution in [0.15, 0.2) is 17.2 Å². The van der Waals surface area contributed by atoms with Crippen LogP contribution in [-0.2, 0) is 0 Å². The Morgan fingerprint density at radius 3 is 2.83 bits per heavy atom. The fraction of sp³-hybridized carbons (Fsp3) is 0.545. The van der Waals surface area contributed by atoms with Crippen molar-refractivity contribution in [3.63, 3.8) is 0 Å². The summed E-state index contributed by atoms with van der Waals surface area (Å²) in [5.41, 5.74) is 0.704. The van der Waals surface area contributed by atoms with E-state index in [4.69, 9.17) is 0 Å². The highest BCUT2D eigenvalue weighted by Gasteiger charge is 2.20. The van der Waals surface area contributed by atoms with Gasteiger partial charge < -0.3 is 5.11 Å². The Kier molecular flexibility index (Phi) is 2.55. The molecule has 0 saturated carbocycles. The van der Waals surface area contributed by atoms with Crippen molar-refractivity contribution in [2.24, 2.45) is 0 Å². The molecule has 1 N–H and O–H groups in total. The monoisotopic (exact) mass is 249 g/mol. The summed E-state index contributed by atoms with van der Waals surface area (Å²) in [5.74, 6) is 0.400. The Bertz CT molecular complexity index is 624. The Morgan fingerprint density at radius 1 is 1.39 bits per heavy atom. The van der Waals surface area contributed by atoms with Crippen molar-refractivity contribution in [2.75, 3.05) is 18.1 Å². The van der Waals surface area contributed by atoms with Crippen molar-refractivity contribution in [1.82, 2.24) is 19.3 Å². The quantitative estimate of drug-likeness (QED) is 0.722. The van der Waals surface area contributed by atoms with E-state index < -0.39 is 0 Å². The summed E-state index contributed by atoms with van der Waals surface area (Å²) in [5, 5.41) is 15.5. The van der Waals surface area contributed by atoms with Gasteiger partial charge in [0.2, 0.25) is 0 Å². The van der Waals surface area contributed by atoms with E-state index in [1.165, 1.54) is 9.19 Å². The minimum atomic E-state index is -0.269. The Hall–Kier alpha value is -1.89. The van der Waals surface area contributed by atoms with Crippen molar-refractivity contribution < 1.29 is 5.11 Å². The van der Waals surface area contributed by atoms with Crippen LogP contribution < -0.4 is 10.7 Å². The zero-order chi connectivity index (χ0) is 12.7. The normalized spacial score (nSPS) is 17.6. The predicted octanol–water partition coefficient (Wildman–Crippen LogP) is -0.708. The van der Waals surface area contributed by atoms with Gasteiger partial charge in [-0.25, -0.2) is 14.2 Å². The Balaban J connectivity index is 2.02. The van der Waals surface area contributed by atoms with Crippen LogP contribution in [0.25, 0.3) is 5.78 Å². The minimum absolute atomic E-state index is 0.211. The molecule has 0 aromatic carbocycles. The van der Waals surface area contributed by atoms with Crippen molar-refractivity contribution in [1.29, 1.82) is 0 Å². The highest BCUT2D eigenvalue weighted by atomic mass is 16.3. The van der Waals surface area contributed by atoms with Gasteiger partial charge in [0.15, 0.2) is 0 Å². The first-order valence-electron chi connectivity index (χ1n) is 6.02. The number of hydrogen-bond acceptors (Lipinski definition) is 5. The van der Waals surface area contributed by atoms with Gasteiger partial charge in [-0.15, -0.1) is 9.89 Å². The molecule has 2 aromatic heterocycles. The third-order valence-corrected chi connectivity index (χ3v) is 3.20. The van der Waals surface area contributed by atoms with Gasteiger partial charge in [0.25, 0.3) is 5.78 Å². The van der Waals surface area contributed by atoms with Crippen LogP contribution in [0.3, 0.4) is 0 Å². The molecule has 18 heavy (non-hydrogen) atoms. The van der Waals surface area contributed by atoms with E-state index in [9.17, 15) is 9.90 Å². The third kappa shape index (κ3) is 1.76. The lowest BCUT2D eigenvalue weighted by atomic mass is 10.1. The van der Waals surface area contributed by atoms with E-state index in [-0.39, 0.29) is 11.8 Å². The third-order valence-electron chi connectivity index (χ3n) is 3.20. The molecule has 3 rings (SSSR count). The van der Waals surface area contributed by atoms with Gasteiger partial charge in [-0.3, -0.25) is 5.01 Å². The average molecular weight is 249 g/mol. The first kappa shape index (κ1) is 11.2. The minimum Gasteiger partial charge on any atom is -0.393 e. The second-order valence-electron chi connectivity index (χ2n) is 4.66. The summed E-state index contributed by atoms with van der Waals surface area (Å²) in [4.78, 5) is 17.7. The molecule has 0 amide bonds. The summed E-state index contributed by atoms with van der Waals surface area (Å²) < 4.78 is 1.44. The van der Waals surface area contributed by atoms with Gasteiger partial charge in [0.05, 0.1) is 6.10 Å². The number of rotatable bonds is 1. The fourth-order valence-corrected chi connectivity index (χ4v) is 2.18. The standard InChI is InChI=1S/C11H15N5O2/c1-8-6-12-10-13-16(11(18)15(10)7-8)14-4-2-9(17)3-5-14/h6-7,9,17H,2-5H2,1H3. The summed E-state index contributed by atoms with van der Waals surface area (Å²) in [6.07, 6.45) is 4.47. The van der Waals surface area contributed by atoms with Crippen LogP contribution >= 0.6 is 0 Å². The number of piperidine rings is 1. The van der Waals surface area contributed by atoms with Crippen LogP contribution in [0.4, 0.5) is 0 Å². The average Bonchev–Trinajstić information content (AvgIpc) is 2.68. The fourth-order valence-electron chi connectivity index (χ4n) is 2.18. The molecule has 1 aliphatic heterocycles. The molecule has 0 radical (unpaired) electrons. The lowest BCUT2D eigenvalue weighted by Crippen LogP contribution is -2.48. The summed E-state index contributed by atoms with van der Waals surface area (Å²) in [7, 11) is 0. The highest BCUT2D eigenvalue weighted by molar-refractivity contribution is 5.26.